The van der Waals surface area contributed by atoms with Crippen molar-refractivity contribution in [2.45, 2.75) is 19.3 Å². The van der Waals surface area contributed by atoms with Crippen LogP contribution in [0.4, 0.5) is 0 Å². The van der Waals surface area contributed by atoms with Crippen LogP contribution < -0.4 is 10.5 Å². The lowest BCUT2D eigenvalue weighted by molar-refractivity contribution is 0.483. The van der Waals surface area contributed by atoms with E-state index in [1.54, 1.807) is 0 Å². The van der Waals surface area contributed by atoms with Gasteiger partial charge in [-0.3, -0.25) is 0 Å². The maximum absolute atomic E-state index is 6.06. The second-order valence-corrected chi connectivity index (χ2v) is 7.68. The van der Waals surface area contributed by atoms with Gasteiger partial charge in [0.2, 0.25) is 0 Å². The number of fused-ring (bicyclic) bond motifs is 1. The third-order valence-corrected chi connectivity index (χ3v) is 5.57. The first-order valence-corrected chi connectivity index (χ1v) is 10.4. The van der Waals surface area contributed by atoms with E-state index in [4.69, 9.17) is 10.5 Å². The molecule has 0 amide bonds. The molecule has 0 fully saturated rings. The van der Waals surface area contributed by atoms with Crippen LogP contribution in [0.2, 0.25) is 0 Å². The van der Waals surface area contributed by atoms with Gasteiger partial charge < -0.3 is 15.5 Å². The second-order valence-electron chi connectivity index (χ2n) is 6.83. The quantitative estimate of drug-likeness (QED) is 0.319. The Hall–Kier alpha value is -2.56. The highest BCUT2D eigenvalue weighted by Gasteiger charge is 2.15. The zero-order chi connectivity index (χ0) is 19.3. The van der Waals surface area contributed by atoms with Crippen LogP contribution in [0.5, 0.6) is 11.5 Å². The Morgan fingerprint density at radius 1 is 0.857 bits per heavy atom. The van der Waals surface area contributed by atoms with Crippen LogP contribution in [-0.4, -0.2) is 11.5 Å². The van der Waals surface area contributed by atoms with Crippen molar-refractivity contribution in [2.24, 2.45) is 5.73 Å². The number of hydrogen-bond acceptors (Lipinski definition) is 2. The predicted octanol–water partition coefficient (Wildman–Crippen LogP) is 6.67. The second kappa shape index (κ2) is 8.63. The molecule has 0 radical (unpaired) electrons. The number of hydrogen-bond donors (Lipinski definition) is 2. The van der Waals surface area contributed by atoms with Crippen molar-refractivity contribution >= 4 is 26.8 Å². The van der Waals surface area contributed by atoms with Crippen LogP contribution in [0.1, 0.15) is 18.4 Å². The molecule has 0 atom stereocenters. The molecular weight excluding hydrogens is 412 g/mol. The lowest BCUT2D eigenvalue weighted by Crippen LogP contribution is -1.99. The van der Waals surface area contributed by atoms with Gasteiger partial charge in [0, 0.05) is 20.9 Å². The molecular formula is C24H23BrN2O. The fourth-order valence-corrected chi connectivity index (χ4v) is 4.00. The van der Waals surface area contributed by atoms with Gasteiger partial charge in [-0.2, -0.15) is 0 Å². The van der Waals surface area contributed by atoms with Gasteiger partial charge in [0.15, 0.2) is 0 Å². The molecule has 0 saturated carbocycles. The van der Waals surface area contributed by atoms with E-state index < -0.39 is 0 Å². The van der Waals surface area contributed by atoms with Crippen LogP contribution in [0.3, 0.4) is 0 Å². The molecule has 142 valence electrons. The standard InChI is InChI=1S/C24H23BrN2O/c25-22-12-5-4-11-20(22)24-19(10-6-7-15-26)21-16-18(13-14-23(21)27-24)28-17-8-2-1-3-9-17/h1-5,8-9,11-14,16,27H,6-7,10,15,26H2. The van der Waals surface area contributed by atoms with Crippen molar-refractivity contribution in [3.8, 4) is 22.8 Å². The van der Waals surface area contributed by atoms with Crippen molar-refractivity contribution in [2.75, 3.05) is 6.54 Å². The molecule has 3 aromatic carbocycles. The number of aromatic nitrogens is 1. The fraction of sp³-hybridized carbons (Fsp3) is 0.167. The van der Waals surface area contributed by atoms with Crippen LogP contribution in [0.25, 0.3) is 22.2 Å². The number of para-hydroxylation sites is 1. The number of benzene rings is 3. The smallest absolute Gasteiger partial charge is 0.128 e. The lowest BCUT2D eigenvalue weighted by Gasteiger charge is -2.08. The molecule has 0 unspecified atom stereocenters. The lowest BCUT2D eigenvalue weighted by atomic mass is 10.00. The van der Waals surface area contributed by atoms with Gasteiger partial charge in [-0.25, -0.2) is 0 Å². The van der Waals surface area contributed by atoms with Gasteiger partial charge in [-0.15, -0.1) is 0 Å². The SMILES string of the molecule is NCCCCc1c(-c2ccccc2Br)[nH]c2ccc(Oc3ccccc3)cc12. The summed E-state index contributed by atoms with van der Waals surface area (Å²) in [4.78, 5) is 3.62. The summed E-state index contributed by atoms with van der Waals surface area (Å²) in [5, 5.41) is 1.20. The summed E-state index contributed by atoms with van der Waals surface area (Å²) in [7, 11) is 0. The van der Waals surface area contributed by atoms with Gasteiger partial charge in [0.25, 0.3) is 0 Å². The fourth-order valence-electron chi connectivity index (χ4n) is 3.51. The Bertz CT molecular complexity index is 1070. The molecule has 4 rings (SSSR count). The first-order valence-electron chi connectivity index (χ1n) is 9.59. The van der Waals surface area contributed by atoms with Crippen molar-refractivity contribution in [1.82, 2.24) is 4.98 Å². The molecule has 0 spiro atoms. The van der Waals surface area contributed by atoms with Gasteiger partial charge in [0.1, 0.15) is 11.5 Å². The molecule has 4 heteroatoms. The number of aromatic amines is 1. The van der Waals surface area contributed by atoms with Gasteiger partial charge in [-0.1, -0.05) is 52.3 Å². The van der Waals surface area contributed by atoms with Crippen LogP contribution in [0.15, 0.2) is 77.3 Å². The highest BCUT2D eigenvalue weighted by molar-refractivity contribution is 9.10. The molecule has 3 nitrogen and oxygen atoms in total. The average molecular weight is 435 g/mol. The van der Waals surface area contributed by atoms with Crippen molar-refractivity contribution < 1.29 is 4.74 Å². The molecule has 1 aromatic heterocycles. The number of unbranched alkanes of at least 4 members (excludes halogenated alkanes) is 1. The van der Waals surface area contributed by atoms with Crippen LogP contribution in [0, 0.1) is 0 Å². The van der Waals surface area contributed by atoms with Crippen molar-refractivity contribution in [3.05, 3.63) is 82.8 Å². The molecule has 3 N–H and O–H groups in total. The summed E-state index contributed by atoms with van der Waals surface area (Å²) < 4.78 is 7.15. The Kier molecular flexibility index (Phi) is 5.79. The number of nitrogens with two attached hydrogens (primary N) is 1. The first-order chi connectivity index (χ1) is 13.8. The molecule has 0 aliphatic carbocycles. The molecule has 1 heterocycles. The Balaban J connectivity index is 1.78. The monoisotopic (exact) mass is 434 g/mol. The van der Waals surface area contributed by atoms with E-state index in [9.17, 15) is 0 Å². The Morgan fingerprint density at radius 3 is 2.43 bits per heavy atom. The Labute approximate surface area is 173 Å². The number of ether oxygens (including phenoxy) is 1. The highest BCUT2D eigenvalue weighted by atomic mass is 79.9. The largest absolute Gasteiger partial charge is 0.457 e. The summed E-state index contributed by atoms with van der Waals surface area (Å²) in [6.45, 7) is 0.717. The summed E-state index contributed by atoms with van der Waals surface area (Å²) in [6, 6.07) is 24.5. The summed E-state index contributed by atoms with van der Waals surface area (Å²) in [5.41, 5.74) is 10.5. The summed E-state index contributed by atoms with van der Waals surface area (Å²) in [5.74, 6) is 1.68. The number of H-pyrrole nitrogens is 1. The van der Waals surface area contributed by atoms with Crippen LogP contribution >= 0.6 is 15.9 Å². The number of nitrogens with one attached hydrogen (secondary N) is 1. The summed E-state index contributed by atoms with van der Waals surface area (Å²) in [6.07, 6.45) is 3.05. The molecule has 4 aromatic rings. The zero-order valence-electron chi connectivity index (χ0n) is 15.6. The van der Waals surface area contributed by atoms with Gasteiger partial charge >= 0.3 is 0 Å². The minimum absolute atomic E-state index is 0.717. The molecule has 0 aliphatic heterocycles. The van der Waals surface area contributed by atoms with Gasteiger partial charge in [0.05, 0.1) is 5.69 Å². The van der Waals surface area contributed by atoms with Crippen molar-refractivity contribution in [1.29, 1.82) is 0 Å². The summed E-state index contributed by atoms with van der Waals surface area (Å²) >= 11 is 3.70. The topological polar surface area (TPSA) is 51.0 Å². The number of aryl methyl sites for hydroxylation is 1. The van der Waals surface area contributed by atoms with E-state index in [1.165, 1.54) is 16.5 Å². The third-order valence-electron chi connectivity index (χ3n) is 4.88. The molecule has 28 heavy (non-hydrogen) atoms. The van der Waals surface area contributed by atoms with Crippen LogP contribution in [-0.2, 0) is 6.42 Å². The van der Waals surface area contributed by atoms with E-state index in [0.29, 0.717) is 0 Å². The van der Waals surface area contributed by atoms with E-state index in [2.05, 4.69) is 51.2 Å². The number of rotatable bonds is 7. The normalized spacial score (nSPS) is 11.1. The first kappa shape index (κ1) is 18.8. The molecule has 0 bridgehead atoms. The molecule has 0 aliphatic rings. The average Bonchev–Trinajstić information content (AvgIpc) is 3.07. The van der Waals surface area contributed by atoms with Gasteiger partial charge in [-0.05, 0) is 67.8 Å². The van der Waals surface area contributed by atoms with E-state index in [1.807, 2.05) is 42.5 Å². The van der Waals surface area contributed by atoms with E-state index in [-0.39, 0.29) is 0 Å². The maximum Gasteiger partial charge on any atom is 0.128 e. The number of halogens is 1. The highest BCUT2D eigenvalue weighted by Crippen LogP contribution is 2.37. The maximum atomic E-state index is 6.06. The minimum Gasteiger partial charge on any atom is -0.457 e. The van der Waals surface area contributed by atoms with E-state index >= 15 is 0 Å². The van der Waals surface area contributed by atoms with Crippen molar-refractivity contribution in [3.63, 3.8) is 0 Å². The van der Waals surface area contributed by atoms with E-state index in [0.717, 1.165) is 53.0 Å². The predicted molar refractivity (Wildman–Crippen MR) is 120 cm³/mol. The zero-order valence-corrected chi connectivity index (χ0v) is 17.2. The third kappa shape index (κ3) is 3.98. The minimum atomic E-state index is 0.717. The molecule has 0 saturated heterocycles. The Morgan fingerprint density at radius 2 is 1.64 bits per heavy atom.